The van der Waals surface area contributed by atoms with Gasteiger partial charge in [-0.25, -0.2) is 0 Å². The Labute approximate surface area is 470 Å². The van der Waals surface area contributed by atoms with Gasteiger partial charge in [0.2, 0.25) is 5.91 Å². The third-order valence-corrected chi connectivity index (χ3v) is 15.8. The van der Waals surface area contributed by atoms with Gasteiger partial charge in [-0.05, 0) is 57.8 Å². The minimum atomic E-state index is -0.841. The third kappa shape index (κ3) is 62.8. The zero-order chi connectivity index (χ0) is 54.1. The Morgan fingerprint density at radius 1 is 0.333 bits per heavy atom. The van der Waals surface area contributed by atoms with E-state index in [-0.39, 0.29) is 12.5 Å². The van der Waals surface area contributed by atoms with Crippen molar-refractivity contribution in [3.63, 3.8) is 0 Å². The van der Waals surface area contributed by atoms with Crippen molar-refractivity contribution in [1.29, 1.82) is 0 Å². The molecule has 2 unspecified atom stereocenters. The summed E-state index contributed by atoms with van der Waals surface area (Å²) in [6, 6.07) is -0.624. The molecule has 0 saturated carbocycles. The van der Waals surface area contributed by atoms with Gasteiger partial charge < -0.3 is 15.5 Å². The van der Waals surface area contributed by atoms with E-state index in [2.05, 4.69) is 67.8 Å². The van der Waals surface area contributed by atoms with Gasteiger partial charge in [0.1, 0.15) is 0 Å². The number of hydrogen-bond donors (Lipinski definition) is 3. The van der Waals surface area contributed by atoms with Crippen LogP contribution in [0.4, 0.5) is 0 Å². The van der Waals surface area contributed by atoms with Gasteiger partial charge in [0.05, 0.1) is 18.8 Å². The van der Waals surface area contributed by atoms with Crippen molar-refractivity contribution in [1.82, 2.24) is 5.32 Å². The highest BCUT2D eigenvalue weighted by Gasteiger charge is 2.18. The lowest BCUT2D eigenvalue weighted by molar-refractivity contribution is -0.123. The van der Waals surface area contributed by atoms with E-state index in [1.54, 1.807) is 6.08 Å². The molecule has 0 heterocycles. The Balaban J connectivity index is 3.43. The standard InChI is InChI=1S/C71H133NO3/c1-3-5-7-9-11-13-15-17-19-21-23-25-27-29-31-33-34-35-36-37-38-39-41-43-45-47-49-51-53-55-57-59-61-63-65-67-71(75)72-69(68-73)70(74)66-64-62-60-58-56-54-52-50-48-46-44-42-40-32-30-28-26-24-22-20-18-16-14-12-10-8-6-4-2/h5,7,11,13,17,19,23,25,64,66,69-70,73-74H,3-4,6,8-10,12,14-16,18,20-22,24,26-63,65,67-68H2,1-2H3,(H,72,75)/b7-5-,13-11-,19-17-,25-23-,66-64+. The highest BCUT2D eigenvalue weighted by atomic mass is 16.3. The molecule has 0 rings (SSSR count). The lowest BCUT2D eigenvalue weighted by Crippen LogP contribution is -2.45. The Hall–Kier alpha value is -1.91. The van der Waals surface area contributed by atoms with Gasteiger partial charge in [-0.2, -0.15) is 0 Å². The highest BCUT2D eigenvalue weighted by molar-refractivity contribution is 5.76. The van der Waals surface area contributed by atoms with Crippen LogP contribution in [0.25, 0.3) is 0 Å². The van der Waals surface area contributed by atoms with Crippen LogP contribution in [0.3, 0.4) is 0 Å². The van der Waals surface area contributed by atoms with Crippen LogP contribution in [0.15, 0.2) is 60.8 Å². The maximum Gasteiger partial charge on any atom is 0.220 e. The Morgan fingerprint density at radius 2 is 0.587 bits per heavy atom. The van der Waals surface area contributed by atoms with E-state index in [0.717, 1.165) is 51.4 Å². The number of nitrogens with one attached hydrogen (secondary N) is 1. The zero-order valence-corrected chi connectivity index (χ0v) is 50.8. The van der Waals surface area contributed by atoms with E-state index >= 15 is 0 Å². The number of carbonyl (C=O) groups excluding carboxylic acids is 1. The first-order valence-corrected chi connectivity index (χ1v) is 34.0. The second-order valence-corrected chi connectivity index (χ2v) is 23.2. The van der Waals surface area contributed by atoms with E-state index in [1.807, 2.05) is 6.08 Å². The number of amides is 1. The van der Waals surface area contributed by atoms with E-state index in [4.69, 9.17) is 0 Å². The number of aliphatic hydroxyl groups is 2. The molecule has 0 aromatic carbocycles. The molecule has 0 bridgehead atoms. The second kappa shape index (κ2) is 66.4. The van der Waals surface area contributed by atoms with Crippen LogP contribution < -0.4 is 5.32 Å². The fourth-order valence-corrected chi connectivity index (χ4v) is 10.6. The summed E-state index contributed by atoms with van der Waals surface area (Å²) in [6.45, 7) is 4.24. The topological polar surface area (TPSA) is 69.6 Å². The fourth-order valence-electron chi connectivity index (χ4n) is 10.6. The van der Waals surface area contributed by atoms with Gasteiger partial charge in [0.15, 0.2) is 0 Å². The van der Waals surface area contributed by atoms with Crippen molar-refractivity contribution in [3.05, 3.63) is 60.8 Å². The molecule has 75 heavy (non-hydrogen) atoms. The first kappa shape index (κ1) is 73.1. The minimum Gasteiger partial charge on any atom is -0.394 e. The SMILES string of the molecule is CC/C=C\C/C=C\C/C=C\C/C=C\CCCCCCCCCCCCCCCCCCCCCCCCC(=O)NC(CO)C(O)/C=C/CCCCCCCCCCCCCCCCCCCCCCCCCCCC. The number of carbonyl (C=O) groups is 1. The number of allylic oxidation sites excluding steroid dienone is 9. The lowest BCUT2D eigenvalue weighted by Gasteiger charge is -2.20. The quantitative estimate of drug-likeness (QED) is 0.0420. The van der Waals surface area contributed by atoms with Gasteiger partial charge in [-0.15, -0.1) is 0 Å². The molecule has 0 aliphatic carbocycles. The van der Waals surface area contributed by atoms with Gasteiger partial charge in [0.25, 0.3) is 0 Å². The number of aliphatic hydroxyl groups excluding tert-OH is 2. The molecular formula is C71H133NO3. The summed E-state index contributed by atoms with van der Waals surface area (Å²) in [5, 5.41) is 23.3. The van der Waals surface area contributed by atoms with E-state index in [9.17, 15) is 15.0 Å². The Morgan fingerprint density at radius 3 is 0.880 bits per heavy atom. The van der Waals surface area contributed by atoms with Crippen LogP contribution in [0, 0.1) is 0 Å². The molecule has 0 aliphatic rings. The first-order chi connectivity index (χ1) is 37.2. The van der Waals surface area contributed by atoms with Crippen molar-refractivity contribution < 1.29 is 15.0 Å². The molecule has 0 aromatic rings. The average molecular weight is 1050 g/mol. The number of unbranched alkanes of at least 4 members (excludes halogenated alkanes) is 48. The molecule has 1 amide bonds. The third-order valence-electron chi connectivity index (χ3n) is 15.8. The van der Waals surface area contributed by atoms with Crippen LogP contribution in [-0.4, -0.2) is 34.9 Å². The van der Waals surface area contributed by atoms with Gasteiger partial charge in [0, 0.05) is 6.42 Å². The summed E-state index contributed by atoms with van der Waals surface area (Å²) in [6.07, 6.45) is 94.4. The van der Waals surface area contributed by atoms with Crippen LogP contribution in [0.1, 0.15) is 367 Å². The minimum absolute atomic E-state index is 0.0571. The summed E-state index contributed by atoms with van der Waals surface area (Å²) < 4.78 is 0. The molecular weight excluding hydrogens is 915 g/mol. The monoisotopic (exact) mass is 1050 g/mol. The molecule has 4 heteroatoms. The normalized spacial score (nSPS) is 13.1. The predicted molar refractivity (Wildman–Crippen MR) is 336 cm³/mol. The number of rotatable bonds is 63. The van der Waals surface area contributed by atoms with Gasteiger partial charge >= 0.3 is 0 Å². The zero-order valence-electron chi connectivity index (χ0n) is 50.8. The molecule has 0 aromatic heterocycles. The Kier molecular flexibility index (Phi) is 64.7. The summed E-state index contributed by atoms with van der Waals surface area (Å²) >= 11 is 0. The van der Waals surface area contributed by atoms with Crippen LogP contribution >= 0.6 is 0 Å². The average Bonchev–Trinajstić information content (AvgIpc) is 3.41. The number of hydrogen-bond acceptors (Lipinski definition) is 3. The Bertz CT molecular complexity index is 1230. The van der Waals surface area contributed by atoms with Gasteiger partial charge in [-0.1, -0.05) is 364 Å². The van der Waals surface area contributed by atoms with Crippen molar-refractivity contribution in [2.45, 2.75) is 379 Å². The summed E-state index contributed by atoms with van der Waals surface area (Å²) in [5.74, 6) is -0.0571. The molecule has 2 atom stereocenters. The van der Waals surface area contributed by atoms with Crippen LogP contribution in [0.2, 0.25) is 0 Å². The summed E-state index contributed by atoms with van der Waals surface area (Å²) in [7, 11) is 0. The summed E-state index contributed by atoms with van der Waals surface area (Å²) in [4.78, 5) is 12.5. The highest BCUT2D eigenvalue weighted by Crippen LogP contribution is 2.19. The van der Waals surface area contributed by atoms with Crippen molar-refractivity contribution in [2.75, 3.05) is 6.61 Å². The molecule has 440 valence electrons. The van der Waals surface area contributed by atoms with Crippen molar-refractivity contribution in [2.24, 2.45) is 0 Å². The molecule has 0 aliphatic heterocycles. The maximum atomic E-state index is 12.5. The van der Waals surface area contributed by atoms with Crippen molar-refractivity contribution >= 4 is 5.91 Å². The predicted octanol–water partition coefficient (Wildman–Crippen LogP) is 23.1. The van der Waals surface area contributed by atoms with E-state index < -0.39 is 12.1 Å². The van der Waals surface area contributed by atoms with Crippen molar-refractivity contribution in [3.8, 4) is 0 Å². The molecule has 0 saturated heterocycles. The lowest BCUT2D eigenvalue weighted by atomic mass is 10.0. The smallest absolute Gasteiger partial charge is 0.220 e. The summed E-state index contributed by atoms with van der Waals surface area (Å²) in [5.41, 5.74) is 0. The van der Waals surface area contributed by atoms with Gasteiger partial charge in [-0.3, -0.25) is 4.79 Å². The fraction of sp³-hybridized carbons (Fsp3) is 0.845. The van der Waals surface area contributed by atoms with Crippen LogP contribution in [0.5, 0.6) is 0 Å². The largest absolute Gasteiger partial charge is 0.394 e. The van der Waals surface area contributed by atoms with E-state index in [0.29, 0.717) is 6.42 Å². The van der Waals surface area contributed by atoms with Crippen LogP contribution in [-0.2, 0) is 4.79 Å². The molecule has 4 nitrogen and oxygen atoms in total. The first-order valence-electron chi connectivity index (χ1n) is 34.0. The maximum absolute atomic E-state index is 12.5. The molecule has 3 N–H and O–H groups in total. The van der Waals surface area contributed by atoms with E-state index in [1.165, 1.54) is 295 Å². The molecule has 0 fully saturated rings. The second-order valence-electron chi connectivity index (χ2n) is 23.2. The molecule has 0 radical (unpaired) electrons. The molecule has 0 spiro atoms.